The number of likely N-dealkylation sites (tertiary alicyclic amines) is 1. The highest BCUT2D eigenvalue weighted by molar-refractivity contribution is 5.93. The van der Waals surface area contributed by atoms with Gasteiger partial charge in [-0.3, -0.25) is 4.79 Å². The van der Waals surface area contributed by atoms with E-state index in [9.17, 15) is 22.4 Å². The van der Waals surface area contributed by atoms with Crippen LogP contribution in [0, 0.1) is 11.7 Å². The first-order valence-corrected chi connectivity index (χ1v) is 8.54. The van der Waals surface area contributed by atoms with Gasteiger partial charge in [0.05, 0.1) is 0 Å². The van der Waals surface area contributed by atoms with Gasteiger partial charge in [-0.05, 0) is 44.5 Å². The minimum atomic E-state index is -4.92. The third kappa shape index (κ3) is 4.44. The van der Waals surface area contributed by atoms with Gasteiger partial charge in [0.2, 0.25) is 0 Å². The van der Waals surface area contributed by atoms with Crippen LogP contribution >= 0.6 is 12.4 Å². The summed E-state index contributed by atoms with van der Waals surface area (Å²) in [6, 6.07) is 4.90. The van der Waals surface area contributed by atoms with E-state index in [0.29, 0.717) is 36.5 Å². The zero-order valence-electron chi connectivity index (χ0n) is 15.0. The van der Waals surface area contributed by atoms with Crippen LogP contribution in [-0.2, 0) is 6.18 Å². The highest BCUT2D eigenvalue weighted by atomic mass is 35.5. The number of aromatic nitrogens is 3. The largest absolute Gasteiger partial charge is 0.435 e. The lowest BCUT2D eigenvalue weighted by molar-refractivity contribution is -0.143. The van der Waals surface area contributed by atoms with Crippen LogP contribution in [0.1, 0.15) is 29.0 Å². The molecule has 11 heteroatoms. The fourth-order valence-corrected chi connectivity index (χ4v) is 3.25. The SMILES string of the molecule is CNCC1CCN(C(=O)c2nnn(-c3ccccc3F)c2C(F)(F)F)CC1.Cl. The van der Waals surface area contributed by atoms with Crippen LogP contribution < -0.4 is 5.32 Å². The minimum Gasteiger partial charge on any atom is -0.337 e. The predicted molar refractivity (Wildman–Crippen MR) is 96.1 cm³/mol. The van der Waals surface area contributed by atoms with E-state index in [0.717, 1.165) is 18.7 Å². The van der Waals surface area contributed by atoms with Crippen LogP contribution in [0.5, 0.6) is 0 Å². The van der Waals surface area contributed by atoms with Crippen molar-refractivity contribution in [1.82, 2.24) is 25.2 Å². The lowest BCUT2D eigenvalue weighted by Crippen LogP contribution is -2.41. The molecule has 1 amide bonds. The number of nitrogens with zero attached hydrogens (tertiary/aromatic N) is 4. The van der Waals surface area contributed by atoms with Crippen molar-refractivity contribution in [2.75, 3.05) is 26.7 Å². The third-order valence-electron chi connectivity index (χ3n) is 4.62. The van der Waals surface area contributed by atoms with E-state index in [4.69, 9.17) is 0 Å². The zero-order chi connectivity index (χ0) is 19.6. The lowest BCUT2D eigenvalue weighted by atomic mass is 9.96. The second kappa shape index (κ2) is 8.87. The summed E-state index contributed by atoms with van der Waals surface area (Å²) < 4.78 is 55.3. The van der Waals surface area contributed by atoms with Gasteiger partial charge in [0.1, 0.15) is 11.5 Å². The van der Waals surface area contributed by atoms with Gasteiger partial charge in [0.25, 0.3) is 5.91 Å². The normalized spacial score (nSPS) is 15.4. The van der Waals surface area contributed by atoms with Crippen molar-refractivity contribution in [1.29, 1.82) is 0 Å². The first-order valence-electron chi connectivity index (χ1n) is 8.54. The molecule has 0 saturated carbocycles. The molecule has 6 nitrogen and oxygen atoms in total. The van der Waals surface area contributed by atoms with Crippen LogP contribution in [0.15, 0.2) is 24.3 Å². The maximum absolute atomic E-state index is 14.0. The molecule has 0 bridgehead atoms. The summed E-state index contributed by atoms with van der Waals surface area (Å²) in [5, 5.41) is 9.93. The maximum Gasteiger partial charge on any atom is 0.435 e. The monoisotopic (exact) mass is 421 g/mol. The van der Waals surface area contributed by atoms with E-state index in [-0.39, 0.29) is 12.4 Å². The number of nitrogens with one attached hydrogen (secondary N) is 1. The average Bonchev–Trinajstić information content (AvgIpc) is 3.08. The zero-order valence-corrected chi connectivity index (χ0v) is 15.9. The van der Waals surface area contributed by atoms with Crippen molar-refractivity contribution in [3.8, 4) is 5.69 Å². The minimum absolute atomic E-state index is 0. The number of carbonyl (C=O) groups excluding carboxylic acids is 1. The number of rotatable bonds is 4. The molecule has 2 aromatic rings. The summed E-state index contributed by atoms with van der Waals surface area (Å²) in [5.74, 6) is -1.36. The van der Waals surface area contributed by atoms with Crippen molar-refractivity contribution in [3.05, 3.63) is 41.5 Å². The topological polar surface area (TPSA) is 63.1 Å². The van der Waals surface area contributed by atoms with Gasteiger partial charge in [0.15, 0.2) is 11.4 Å². The van der Waals surface area contributed by atoms with E-state index in [1.54, 1.807) is 0 Å². The van der Waals surface area contributed by atoms with Crippen LogP contribution in [-0.4, -0.2) is 52.5 Å². The molecule has 0 unspecified atom stereocenters. The van der Waals surface area contributed by atoms with E-state index in [1.165, 1.54) is 17.0 Å². The van der Waals surface area contributed by atoms with Crippen molar-refractivity contribution >= 4 is 18.3 Å². The summed E-state index contributed by atoms with van der Waals surface area (Å²) in [7, 11) is 1.83. The van der Waals surface area contributed by atoms with E-state index >= 15 is 0 Å². The Bertz CT molecular complexity index is 818. The number of alkyl halides is 3. The van der Waals surface area contributed by atoms with Gasteiger partial charge in [-0.15, -0.1) is 17.5 Å². The molecule has 1 aromatic carbocycles. The molecule has 2 heterocycles. The summed E-state index contributed by atoms with van der Waals surface area (Å²) in [6.45, 7) is 1.48. The Balaban J connectivity index is 0.00000280. The number of hydrogen-bond donors (Lipinski definition) is 1. The number of carbonyl (C=O) groups is 1. The second-order valence-electron chi connectivity index (χ2n) is 6.44. The number of hydrogen-bond acceptors (Lipinski definition) is 4. The molecule has 3 rings (SSSR count). The molecule has 0 spiro atoms. The summed E-state index contributed by atoms with van der Waals surface area (Å²) in [4.78, 5) is 14.0. The average molecular weight is 422 g/mol. The van der Waals surface area contributed by atoms with Crippen LogP contribution in [0.25, 0.3) is 5.69 Å². The van der Waals surface area contributed by atoms with Crippen LogP contribution in [0.2, 0.25) is 0 Å². The molecule has 0 atom stereocenters. The molecule has 1 aromatic heterocycles. The van der Waals surface area contributed by atoms with Crippen molar-refractivity contribution < 1.29 is 22.4 Å². The fourth-order valence-electron chi connectivity index (χ4n) is 3.25. The van der Waals surface area contributed by atoms with Crippen LogP contribution in [0.4, 0.5) is 17.6 Å². The highest BCUT2D eigenvalue weighted by Gasteiger charge is 2.43. The van der Waals surface area contributed by atoms with Gasteiger partial charge in [-0.1, -0.05) is 17.3 Å². The molecule has 1 N–H and O–H groups in total. The van der Waals surface area contributed by atoms with Gasteiger partial charge in [0, 0.05) is 13.1 Å². The number of piperidine rings is 1. The molecule has 1 fully saturated rings. The molecule has 0 aliphatic carbocycles. The Morgan fingerprint density at radius 2 is 1.89 bits per heavy atom. The van der Waals surface area contributed by atoms with Gasteiger partial charge >= 0.3 is 6.18 Å². The third-order valence-corrected chi connectivity index (χ3v) is 4.62. The molecular weight excluding hydrogens is 402 g/mol. The molecule has 28 heavy (non-hydrogen) atoms. The Morgan fingerprint density at radius 1 is 1.25 bits per heavy atom. The number of amides is 1. The van der Waals surface area contributed by atoms with Gasteiger partial charge in [-0.25, -0.2) is 9.07 Å². The summed E-state index contributed by atoms with van der Waals surface area (Å²) in [6.07, 6.45) is -3.54. The Hall–Kier alpha value is -2.20. The molecule has 1 saturated heterocycles. The number of para-hydroxylation sites is 1. The van der Waals surface area contributed by atoms with E-state index < -0.39 is 35.0 Å². The first-order chi connectivity index (χ1) is 12.8. The van der Waals surface area contributed by atoms with Crippen LogP contribution in [0.3, 0.4) is 0 Å². The Morgan fingerprint density at radius 3 is 2.46 bits per heavy atom. The Kier molecular flexibility index (Phi) is 7.00. The summed E-state index contributed by atoms with van der Waals surface area (Å²) >= 11 is 0. The standard InChI is InChI=1S/C17H19F4N5O.ClH/c1-22-10-11-6-8-25(9-7-11)16(27)14-15(17(19,20)21)26(24-23-14)13-5-3-2-4-12(13)18;/h2-5,11,22H,6-10H2,1H3;1H. The fraction of sp³-hybridized carbons (Fsp3) is 0.471. The quantitative estimate of drug-likeness (QED) is 0.771. The first kappa shape index (κ1) is 22.1. The van der Waals surface area contributed by atoms with Crippen molar-refractivity contribution in [2.45, 2.75) is 19.0 Å². The maximum atomic E-state index is 14.0. The number of benzene rings is 1. The molecule has 0 radical (unpaired) electrons. The summed E-state index contributed by atoms with van der Waals surface area (Å²) in [5.41, 5.74) is -2.59. The van der Waals surface area contributed by atoms with E-state index in [1.807, 2.05) is 7.05 Å². The molecule has 1 aliphatic rings. The smallest absolute Gasteiger partial charge is 0.337 e. The Labute approximate surface area is 165 Å². The number of halogens is 5. The van der Waals surface area contributed by atoms with Gasteiger partial charge < -0.3 is 10.2 Å². The van der Waals surface area contributed by atoms with E-state index in [2.05, 4.69) is 15.6 Å². The molecular formula is C17H20ClF4N5O. The predicted octanol–water partition coefficient (Wildman–Crippen LogP) is 2.92. The lowest BCUT2D eigenvalue weighted by Gasteiger charge is -2.31. The molecule has 1 aliphatic heterocycles. The van der Waals surface area contributed by atoms with Crippen molar-refractivity contribution in [2.24, 2.45) is 5.92 Å². The highest BCUT2D eigenvalue weighted by Crippen LogP contribution is 2.34. The molecule has 154 valence electrons. The van der Waals surface area contributed by atoms with Crippen molar-refractivity contribution in [3.63, 3.8) is 0 Å². The van der Waals surface area contributed by atoms with Gasteiger partial charge in [-0.2, -0.15) is 13.2 Å². The second-order valence-corrected chi connectivity index (χ2v) is 6.44.